The van der Waals surface area contributed by atoms with E-state index in [-0.39, 0.29) is 12.6 Å². The lowest BCUT2D eigenvalue weighted by Crippen LogP contribution is -2.50. The molecule has 1 aliphatic rings. The number of carbonyl (C=O) groups excluding carboxylic acids is 1. The molecule has 0 spiro atoms. The van der Waals surface area contributed by atoms with E-state index >= 15 is 0 Å². The quantitative estimate of drug-likeness (QED) is 0.724. The summed E-state index contributed by atoms with van der Waals surface area (Å²) in [5, 5.41) is 15.1. The minimum absolute atomic E-state index is 0.0766. The van der Waals surface area contributed by atoms with Crippen molar-refractivity contribution in [1.29, 1.82) is 0 Å². The van der Waals surface area contributed by atoms with Crippen LogP contribution < -0.4 is 10.6 Å². The maximum Gasteiger partial charge on any atom is 0.319 e. The molecule has 0 saturated carbocycles. The van der Waals surface area contributed by atoms with Crippen molar-refractivity contribution in [2.24, 2.45) is 0 Å². The highest BCUT2D eigenvalue weighted by Crippen LogP contribution is 2.14. The molecule has 3 N–H and O–H groups in total. The molecule has 5 heteroatoms. The van der Waals surface area contributed by atoms with Gasteiger partial charge >= 0.3 is 6.03 Å². The number of rotatable bonds is 7. The Balaban J connectivity index is 1.87. The SMILES string of the molecule is CCC(C)(CO)NC(=O)Nc1cccc(CCN2CCCC2)c1. The summed E-state index contributed by atoms with van der Waals surface area (Å²) >= 11 is 0. The molecule has 0 bridgehead atoms. The molecule has 2 amide bonds. The molecule has 5 nitrogen and oxygen atoms in total. The number of urea groups is 1. The van der Waals surface area contributed by atoms with E-state index in [1.54, 1.807) is 0 Å². The molecule has 0 aliphatic carbocycles. The highest BCUT2D eigenvalue weighted by atomic mass is 16.3. The van der Waals surface area contributed by atoms with E-state index in [0.29, 0.717) is 6.42 Å². The molecule has 128 valence electrons. The third-order valence-electron chi connectivity index (χ3n) is 4.64. The molecule has 1 atom stereocenters. The molecule has 1 saturated heterocycles. The molecule has 0 radical (unpaired) electrons. The number of likely N-dealkylation sites (tertiary alicyclic amines) is 1. The number of aliphatic hydroxyl groups excluding tert-OH is 1. The predicted octanol–water partition coefficient (Wildman–Crippen LogP) is 2.61. The predicted molar refractivity (Wildman–Crippen MR) is 93.8 cm³/mol. The van der Waals surface area contributed by atoms with Crippen LogP contribution in [0.1, 0.15) is 38.7 Å². The van der Waals surface area contributed by atoms with E-state index in [1.807, 2.05) is 32.0 Å². The maximum atomic E-state index is 12.1. The van der Waals surface area contributed by atoms with Crippen LogP contribution in [0.2, 0.25) is 0 Å². The number of aliphatic hydroxyl groups is 1. The number of nitrogens with one attached hydrogen (secondary N) is 2. The summed E-state index contributed by atoms with van der Waals surface area (Å²) in [4.78, 5) is 14.6. The minimum Gasteiger partial charge on any atom is -0.394 e. The first-order chi connectivity index (χ1) is 11.0. The van der Waals surface area contributed by atoms with E-state index in [0.717, 1.165) is 18.7 Å². The van der Waals surface area contributed by atoms with E-state index < -0.39 is 5.54 Å². The van der Waals surface area contributed by atoms with Crippen molar-refractivity contribution in [3.8, 4) is 0 Å². The van der Waals surface area contributed by atoms with Gasteiger partial charge in [-0.3, -0.25) is 0 Å². The Kier molecular flexibility index (Phi) is 6.42. The van der Waals surface area contributed by atoms with Gasteiger partial charge in [-0.25, -0.2) is 4.79 Å². The van der Waals surface area contributed by atoms with Crippen molar-refractivity contribution < 1.29 is 9.90 Å². The Labute approximate surface area is 139 Å². The topological polar surface area (TPSA) is 64.6 Å². The van der Waals surface area contributed by atoms with Crippen molar-refractivity contribution in [2.75, 3.05) is 31.6 Å². The highest BCUT2D eigenvalue weighted by Gasteiger charge is 2.23. The van der Waals surface area contributed by atoms with Crippen LogP contribution >= 0.6 is 0 Å². The van der Waals surface area contributed by atoms with Gasteiger partial charge in [0.1, 0.15) is 0 Å². The third-order valence-corrected chi connectivity index (χ3v) is 4.64. The zero-order valence-electron chi connectivity index (χ0n) is 14.3. The summed E-state index contributed by atoms with van der Waals surface area (Å²) in [6.07, 6.45) is 4.29. The number of benzene rings is 1. The molecule has 23 heavy (non-hydrogen) atoms. The second kappa shape index (κ2) is 8.31. The molecule has 1 unspecified atom stereocenters. The average Bonchev–Trinajstić information content (AvgIpc) is 3.06. The van der Waals surface area contributed by atoms with Gasteiger partial charge in [0.05, 0.1) is 12.1 Å². The number of hydrogen-bond donors (Lipinski definition) is 3. The van der Waals surface area contributed by atoms with E-state index in [9.17, 15) is 9.90 Å². The fourth-order valence-corrected chi connectivity index (χ4v) is 2.77. The lowest BCUT2D eigenvalue weighted by molar-refractivity contribution is 0.172. The molecule has 2 rings (SSSR count). The van der Waals surface area contributed by atoms with Gasteiger partial charge in [0, 0.05) is 12.2 Å². The van der Waals surface area contributed by atoms with Crippen LogP contribution in [-0.4, -0.2) is 47.8 Å². The smallest absolute Gasteiger partial charge is 0.319 e. The van der Waals surface area contributed by atoms with Crippen LogP contribution in [0.3, 0.4) is 0 Å². The molecule has 1 aromatic rings. The summed E-state index contributed by atoms with van der Waals surface area (Å²) in [6, 6.07) is 7.71. The van der Waals surface area contributed by atoms with Gasteiger partial charge in [0.2, 0.25) is 0 Å². The zero-order chi connectivity index (χ0) is 16.7. The van der Waals surface area contributed by atoms with Gasteiger partial charge in [0.25, 0.3) is 0 Å². The lowest BCUT2D eigenvalue weighted by atomic mass is 10.0. The summed E-state index contributed by atoms with van der Waals surface area (Å²) in [6.45, 7) is 7.18. The second-order valence-corrected chi connectivity index (χ2v) is 6.65. The Morgan fingerprint density at radius 1 is 1.35 bits per heavy atom. The monoisotopic (exact) mass is 319 g/mol. The molecular formula is C18H29N3O2. The number of amides is 2. The third kappa shape index (κ3) is 5.52. The van der Waals surface area contributed by atoms with Crippen molar-refractivity contribution >= 4 is 11.7 Å². The summed E-state index contributed by atoms with van der Waals surface area (Å²) in [5.41, 5.74) is 1.44. The number of carbonyl (C=O) groups is 1. The highest BCUT2D eigenvalue weighted by molar-refractivity contribution is 5.89. The van der Waals surface area contributed by atoms with Gasteiger partial charge in [0.15, 0.2) is 0 Å². The van der Waals surface area contributed by atoms with Gasteiger partial charge in [-0.1, -0.05) is 19.1 Å². The van der Waals surface area contributed by atoms with Gasteiger partial charge in [-0.2, -0.15) is 0 Å². The summed E-state index contributed by atoms with van der Waals surface area (Å²) in [5.74, 6) is 0. The van der Waals surface area contributed by atoms with Crippen LogP contribution in [0.4, 0.5) is 10.5 Å². The van der Waals surface area contributed by atoms with Crippen LogP contribution in [-0.2, 0) is 6.42 Å². The number of nitrogens with zero attached hydrogens (tertiary/aromatic N) is 1. The van der Waals surface area contributed by atoms with Gasteiger partial charge in [-0.05, 0) is 63.4 Å². The molecule has 1 fully saturated rings. The molecular weight excluding hydrogens is 290 g/mol. The first-order valence-corrected chi connectivity index (χ1v) is 8.56. The van der Waals surface area contributed by atoms with Crippen molar-refractivity contribution in [3.05, 3.63) is 29.8 Å². The largest absolute Gasteiger partial charge is 0.394 e. The first-order valence-electron chi connectivity index (χ1n) is 8.56. The number of hydrogen-bond acceptors (Lipinski definition) is 3. The Morgan fingerprint density at radius 2 is 2.09 bits per heavy atom. The van der Waals surface area contributed by atoms with Crippen molar-refractivity contribution in [2.45, 2.75) is 45.1 Å². The zero-order valence-corrected chi connectivity index (χ0v) is 14.3. The molecule has 1 heterocycles. The van der Waals surface area contributed by atoms with Gasteiger partial charge < -0.3 is 20.6 Å². The van der Waals surface area contributed by atoms with Gasteiger partial charge in [-0.15, -0.1) is 0 Å². The molecule has 1 aromatic carbocycles. The lowest BCUT2D eigenvalue weighted by Gasteiger charge is -2.27. The summed E-state index contributed by atoms with van der Waals surface area (Å²) in [7, 11) is 0. The van der Waals surface area contributed by atoms with E-state index in [2.05, 4.69) is 21.6 Å². The fourth-order valence-electron chi connectivity index (χ4n) is 2.77. The van der Waals surface area contributed by atoms with E-state index in [1.165, 1.54) is 31.5 Å². The van der Waals surface area contributed by atoms with Crippen molar-refractivity contribution in [3.63, 3.8) is 0 Å². The maximum absolute atomic E-state index is 12.1. The Hall–Kier alpha value is -1.59. The van der Waals surface area contributed by atoms with E-state index in [4.69, 9.17) is 0 Å². The fraction of sp³-hybridized carbons (Fsp3) is 0.611. The average molecular weight is 319 g/mol. The number of anilines is 1. The summed E-state index contributed by atoms with van der Waals surface area (Å²) < 4.78 is 0. The molecule has 1 aliphatic heterocycles. The van der Waals surface area contributed by atoms with Crippen LogP contribution in [0.15, 0.2) is 24.3 Å². The van der Waals surface area contributed by atoms with Crippen LogP contribution in [0.5, 0.6) is 0 Å². The second-order valence-electron chi connectivity index (χ2n) is 6.65. The Morgan fingerprint density at radius 3 is 2.74 bits per heavy atom. The van der Waals surface area contributed by atoms with Crippen LogP contribution in [0, 0.1) is 0 Å². The van der Waals surface area contributed by atoms with Crippen LogP contribution in [0.25, 0.3) is 0 Å². The first kappa shape index (κ1) is 17.8. The standard InChI is InChI=1S/C18H29N3O2/c1-3-18(2,14-22)20-17(23)19-16-8-6-7-15(13-16)9-12-21-10-4-5-11-21/h6-8,13,22H,3-5,9-12,14H2,1-2H3,(H2,19,20,23). The normalized spacial score (nSPS) is 17.7. The Bertz CT molecular complexity index is 509. The van der Waals surface area contributed by atoms with Crippen molar-refractivity contribution in [1.82, 2.24) is 10.2 Å². The minimum atomic E-state index is -0.586. The molecule has 0 aromatic heterocycles.